The van der Waals surface area contributed by atoms with Crippen LogP contribution in [0, 0.1) is 0 Å². The van der Waals surface area contributed by atoms with Crippen LogP contribution in [-0.2, 0) is 14.3 Å². The molecule has 0 fully saturated rings. The third-order valence-electron chi connectivity index (χ3n) is 2.15. The molecule has 1 aromatic carbocycles. The van der Waals surface area contributed by atoms with Crippen LogP contribution in [0.3, 0.4) is 0 Å². The Hall–Kier alpha value is -1.92. The fourth-order valence-electron chi connectivity index (χ4n) is 1.17. The van der Waals surface area contributed by atoms with Crippen molar-refractivity contribution in [1.29, 1.82) is 0 Å². The van der Waals surface area contributed by atoms with Crippen molar-refractivity contribution in [2.24, 2.45) is 0 Å². The molecule has 20 heavy (non-hydrogen) atoms. The Balaban J connectivity index is 2.41. The van der Waals surface area contributed by atoms with E-state index in [9.17, 15) is 9.59 Å². The van der Waals surface area contributed by atoms with Crippen LogP contribution in [-0.4, -0.2) is 30.6 Å². The summed E-state index contributed by atoms with van der Waals surface area (Å²) in [7, 11) is 1.26. The lowest BCUT2D eigenvalue weighted by atomic mass is 10.2. The molecule has 0 saturated heterocycles. The molecule has 5 nitrogen and oxygen atoms in total. The monoisotopic (exact) mass is 312 g/mol. The SMILES string of the molecule is COC(=O)CNC(=S)NC(=O)/C=C/c1ccc(Cl)cc1. The zero-order valence-electron chi connectivity index (χ0n) is 10.7. The number of carbonyl (C=O) groups is 2. The van der Waals surface area contributed by atoms with Gasteiger partial charge in [-0.25, -0.2) is 0 Å². The Morgan fingerprint density at radius 1 is 1.35 bits per heavy atom. The lowest BCUT2D eigenvalue weighted by molar-refractivity contribution is -0.139. The number of ether oxygens (including phenoxy) is 1. The first kappa shape index (κ1) is 16.1. The number of hydrogen-bond acceptors (Lipinski definition) is 4. The van der Waals surface area contributed by atoms with E-state index < -0.39 is 11.9 Å². The van der Waals surface area contributed by atoms with Gasteiger partial charge in [-0.05, 0) is 36.0 Å². The number of esters is 1. The number of amides is 1. The van der Waals surface area contributed by atoms with Crippen molar-refractivity contribution < 1.29 is 14.3 Å². The van der Waals surface area contributed by atoms with Gasteiger partial charge in [0.25, 0.3) is 0 Å². The predicted octanol–water partition coefficient (Wildman–Crippen LogP) is 1.52. The summed E-state index contributed by atoms with van der Waals surface area (Å²) in [4.78, 5) is 22.4. The molecule has 0 aliphatic carbocycles. The fraction of sp³-hybridized carbons (Fsp3) is 0.154. The molecule has 0 aliphatic heterocycles. The molecular formula is C13H13ClN2O3S. The van der Waals surface area contributed by atoms with Crippen LogP contribution < -0.4 is 10.6 Å². The van der Waals surface area contributed by atoms with Gasteiger partial charge in [0.15, 0.2) is 5.11 Å². The third kappa shape index (κ3) is 6.31. The number of nitrogens with one attached hydrogen (secondary N) is 2. The summed E-state index contributed by atoms with van der Waals surface area (Å²) >= 11 is 10.6. The zero-order chi connectivity index (χ0) is 15.0. The van der Waals surface area contributed by atoms with E-state index in [1.165, 1.54) is 13.2 Å². The summed E-state index contributed by atoms with van der Waals surface area (Å²) in [6, 6.07) is 7.00. The van der Waals surface area contributed by atoms with E-state index in [2.05, 4.69) is 15.4 Å². The second kappa shape index (κ2) is 8.29. The number of benzene rings is 1. The molecule has 0 aromatic heterocycles. The van der Waals surface area contributed by atoms with Gasteiger partial charge in [0.05, 0.1) is 7.11 Å². The Bertz CT molecular complexity index is 529. The van der Waals surface area contributed by atoms with Crippen LogP contribution in [0.1, 0.15) is 5.56 Å². The van der Waals surface area contributed by atoms with Crippen LogP contribution in [0.4, 0.5) is 0 Å². The maximum atomic E-state index is 11.5. The fourth-order valence-corrected chi connectivity index (χ4v) is 1.47. The summed E-state index contributed by atoms with van der Waals surface area (Å²) in [5.41, 5.74) is 0.831. The molecule has 0 aliphatic rings. The molecule has 0 unspecified atom stereocenters. The van der Waals surface area contributed by atoms with Gasteiger partial charge in [0.1, 0.15) is 6.54 Å². The first-order valence-corrected chi connectivity index (χ1v) is 6.39. The lowest BCUT2D eigenvalue weighted by Gasteiger charge is -2.06. The molecular weight excluding hydrogens is 300 g/mol. The predicted molar refractivity (Wildman–Crippen MR) is 81.2 cm³/mol. The molecule has 7 heteroatoms. The number of rotatable bonds is 4. The molecule has 0 atom stereocenters. The number of carbonyl (C=O) groups excluding carboxylic acids is 2. The second-order valence-corrected chi connectivity index (χ2v) is 4.48. The van der Waals surface area contributed by atoms with Gasteiger partial charge in [-0.3, -0.25) is 14.9 Å². The topological polar surface area (TPSA) is 67.4 Å². The molecule has 0 heterocycles. The van der Waals surface area contributed by atoms with E-state index in [1.807, 2.05) is 0 Å². The number of thiocarbonyl (C=S) groups is 1. The first-order chi connectivity index (χ1) is 9.51. The molecule has 0 saturated carbocycles. The highest BCUT2D eigenvalue weighted by Gasteiger charge is 2.03. The highest BCUT2D eigenvalue weighted by atomic mass is 35.5. The van der Waals surface area contributed by atoms with E-state index in [0.29, 0.717) is 5.02 Å². The highest BCUT2D eigenvalue weighted by Crippen LogP contribution is 2.10. The summed E-state index contributed by atoms with van der Waals surface area (Å²) in [5, 5.41) is 5.63. The van der Waals surface area contributed by atoms with Gasteiger partial charge >= 0.3 is 5.97 Å². The summed E-state index contributed by atoms with van der Waals surface area (Å²) < 4.78 is 4.42. The zero-order valence-corrected chi connectivity index (χ0v) is 12.3. The van der Waals surface area contributed by atoms with E-state index in [0.717, 1.165) is 5.56 Å². The Morgan fingerprint density at radius 3 is 2.60 bits per heavy atom. The van der Waals surface area contributed by atoms with Crippen LogP contribution >= 0.6 is 23.8 Å². The van der Waals surface area contributed by atoms with Crippen molar-refractivity contribution in [2.75, 3.05) is 13.7 Å². The highest BCUT2D eigenvalue weighted by molar-refractivity contribution is 7.80. The third-order valence-corrected chi connectivity index (χ3v) is 2.65. The molecule has 1 rings (SSSR count). The summed E-state index contributed by atoms with van der Waals surface area (Å²) in [5.74, 6) is -0.874. The van der Waals surface area contributed by atoms with Crippen LogP contribution in [0.15, 0.2) is 30.3 Å². The van der Waals surface area contributed by atoms with E-state index >= 15 is 0 Å². The van der Waals surface area contributed by atoms with Gasteiger partial charge in [0.2, 0.25) is 5.91 Å². The van der Waals surface area contributed by atoms with Crippen molar-refractivity contribution in [3.8, 4) is 0 Å². The molecule has 1 aromatic rings. The molecule has 106 valence electrons. The average Bonchev–Trinajstić information content (AvgIpc) is 2.44. The van der Waals surface area contributed by atoms with Crippen LogP contribution in [0.25, 0.3) is 6.08 Å². The Kier molecular flexibility index (Phi) is 6.69. The van der Waals surface area contributed by atoms with Gasteiger partial charge in [-0.2, -0.15) is 0 Å². The molecule has 1 amide bonds. The van der Waals surface area contributed by atoms with E-state index in [1.54, 1.807) is 30.3 Å². The van der Waals surface area contributed by atoms with Gasteiger partial charge in [-0.1, -0.05) is 23.7 Å². The lowest BCUT2D eigenvalue weighted by Crippen LogP contribution is -2.40. The summed E-state index contributed by atoms with van der Waals surface area (Å²) in [6.45, 7) is -0.101. The van der Waals surface area contributed by atoms with Gasteiger partial charge in [-0.15, -0.1) is 0 Å². The quantitative estimate of drug-likeness (QED) is 0.501. The number of methoxy groups -OCH3 is 1. The van der Waals surface area contributed by atoms with E-state index in [-0.39, 0.29) is 11.7 Å². The van der Waals surface area contributed by atoms with Gasteiger partial charge < -0.3 is 10.1 Å². The maximum absolute atomic E-state index is 11.5. The standard InChI is InChI=1S/C13H13ClN2O3S/c1-19-12(18)8-15-13(20)16-11(17)7-4-9-2-5-10(14)6-3-9/h2-7H,8H2,1H3,(H2,15,16,17,20)/b7-4+. The minimum atomic E-state index is -0.474. The molecule has 0 bridgehead atoms. The van der Waals surface area contributed by atoms with Crippen molar-refractivity contribution in [3.63, 3.8) is 0 Å². The smallest absolute Gasteiger partial charge is 0.325 e. The Morgan fingerprint density at radius 2 is 2.00 bits per heavy atom. The van der Waals surface area contributed by atoms with Crippen LogP contribution in [0.5, 0.6) is 0 Å². The maximum Gasteiger partial charge on any atom is 0.325 e. The normalized spacial score (nSPS) is 10.1. The number of hydrogen-bond donors (Lipinski definition) is 2. The Labute approximate surface area is 126 Å². The van der Waals surface area contributed by atoms with Crippen molar-refractivity contribution in [2.45, 2.75) is 0 Å². The molecule has 0 radical (unpaired) electrons. The second-order valence-electron chi connectivity index (χ2n) is 3.63. The van der Waals surface area contributed by atoms with E-state index in [4.69, 9.17) is 23.8 Å². The minimum absolute atomic E-state index is 0.0566. The molecule has 2 N–H and O–H groups in total. The average molecular weight is 313 g/mol. The largest absolute Gasteiger partial charge is 0.468 e. The summed E-state index contributed by atoms with van der Waals surface area (Å²) in [6.07, 6.45) is 2.95. The van der Waals surface area contributed by atoms with Crippen molar-refractivity contribution in [3.05, 3.63) is 40.9 Å². The molecule has 0 spiro atoms. The van der Waals surface area contributed by atoms with Crippen molar-refractivity contribution in [1.82, 2.24) is 10.6 Å². The van der Waals surface area contributed by atoms with Crippen molar-refractivity contribution >= 4 is 46.9 Å². The van der Waals surface area contributed by atoms with Gasteiger partial charge in [0, 0.05) is 11.1 Å². The van der Waals surface area contributed by atoms with Crippen LogP contribution in [0.2, 0.25) is 5.02 Å². The minimum Gasteiger partial charge on any atom is -0.468 e. The number of halogens is 1. The first-order valence-electron chi connectivity index (χ1n) is 5.60.